The summed E-state index contributed by atoms with van der Waals surface area (Å²) in [5, 5.41) is 16.9. The van der Waals surface area contributed by atoms with Gasteiger partial charge in [0.1, 0.15) is 5.75 Å². The van der Waals surface area contributed by atoms with E-state index in [1.807, 2.05) is 41.2 Å². The first-order chi connectivity index (χ1) is 11.6. The van der Waals surface area contributed by atoms with Crippen LogP contribution in [0.4, 0.5) is 5.82 Å². The molecule has 0 spiro atoms. The number of phenolic OH excluding ortho intramolecular Hbond substituents is 1. The Morgan fingerprint density at radius 3 is 2.58 bits per heavy atom. The highest BCUT2D eigenvalue weighted by Gasteiger charge is 2.12. The molecular formula is C19H19N3O2. The van der Waals surface area contributed by atoms with E-state index in [0.29, 0.717) is 11.4 Å². The van der Waals surface area contributed by atoms with Crippen molar-refractivity contribution >= 4 is 11.7 Å². The van der Waals surface area contributed by atoms with Gasteiger partial charge in [0.15, 0.2) is 5.82 Å². The first-order valence-corrected chi connectivity index (χ1v) is 7.80. The fraction of sp³-hybridized carbons (Fsp3) is 0.158. The van der Waals surface area contributed by atoms with Crippen molar-refractivity contribution in [2.45, 2.75) is 19.4 Å². The van der Waals surface area contributed by atoms with Crippen LogP contribution in [0.3, 0.4) is 0 Å². The third-order valence-corrected chi connectivity index (χ3v) is 3.90. The highest BCUT2D eigenvalue weighted by molar-refractivity contribution is 5.91. The molecular weight excluding hydrogens is 302 g/mol. The maximum absolute atomic E-state index is 12.1. The first-order valence-electron chi connectivity index (χ1n) is 7.80. The Balaban J connectivity index is 1.66. The van der Waals surface area contributed by atoms with E-state index < -0.39 is 0 Å². The monoisotopic (exact) mass is 321 g/mol. The smallest absolute Gasteiger partial charge is 0.230 e. The minimum Gasteiger partial charge on any atom is -0.508 e. The lowest BCUT2D eigenvalue weighted by Crippen LogP contribution is -2.15. The molecule has 0 bridgehead atoms. The molecule has 2 aromatic carbocycles. The van der Waals surface area contributed by atoms with Gasteiger partial charge in [-0.1, -0.05) is 48.5 Å². The third kappa shape index (κ3) is 3.63. The van der Waals surface area contributed by atoms with E-state index in [-0.39, 0.29) is 24.1 Å². The fourth-order valence-corrected chi connectivity index (χ4v) is 2.53. The van der Waals surface area contributed by atoms with E-state index in [0.717, 1.165) is 5.56 Å². The van der Waals surface area contributed by atoms with Gasteiger partial charge in [0.05, 0.1) is 12.5 Å². The summed E-state index contributed by atoms with van der Waals surface area (Å²) in [6.07, 6.45) is 1.95. The van der Waals surface area contributed by atoms with Gasteiger partial charge < -0.3 is 10.4 Å². The van der Waals surface area contributed by atoms with Crippen LogP contribution in [0.2, 0.25) is 0 Å². The summed E-state index contributed by atoms with van der Waals surface area (Å²) in [6, 6.07) is 18.7. The molecule has 3 aromatic rings. The molecule has 0 radical (unpaired) electrons. The predicted molar refractivity (Wildman–Crippen MR) is 92.9 cm³/mol. The van der Waals surface area contributed by atoms with Gasteiger partial charge in [0.2, 0.25) is 5.91 Å². The Hall–Kier alpha value is -3.08. The number of rotatable bonds is 5. The van der Waals surface area contributed by atoms with Gasteiger partial charge in [-0.15, -0.1) is 0 Å². The van der Waals surface area contributed by atoms with Crippen molar-refractivity contribution in [1.82, 2.24) is 9.78 Å². The number of hydrogen-bond acceptors (Lipinski definition) is 3. The molecule has 5 heteroatoms. The van der Waals surface area contributed by atoms with E-state index in [2.05, 4.69) is 17.3 Å². The lowest BCUT2D eigenvalue weighted by atomic mass is 10.1. The highest BCUT2D eigenvalue weighted by atomic mass is 16.3. The number of para-hydroxylation sites is 1. The molecule has 0 aliphatic heterocycles. The number of carbonyl (C=O) groups is 1. The van der Waals surface area contributed by atoms with Crippen LogP contribution in [0.15, 0.2) is 66.9 Å². The van der Waals surface area contributed by atoms with Crippen molar-refractivity contribution in [3.63, 3.8) is 0 Å². The maximum Gasteiger partial charge on any atom is 0.230 e. The van der Waals surface area contributed by atoms with Crippen molar-refractivity contribution in [3.8, 4) is 5.75 Å². The topological polar surface area (TPSA) is 67.2 Å². The summed E-state index contributed by atoms with van der Waals surface area (Å²) in [5.41, 5.74) is 1.74. The highest BCUT2D eigenvalue weighted by Crippen LogP contribution is 2.19. The van der Waals surface area contributed by atoms with Crippen molar-refractivity contribution in [2.75, 3.05) is 5.32 Å². The van der Waals surface area contributed by atoms with Crippen LogP contribution in [-0.2, 0) is 11.2 Å². The third-order valence-electron chi connectivity index (χ3n) is 3.90. The van der Waals surface area contributed by atoms with Crippen LogP contribution < -0.4 is 5.32 Å². The molecule has 1 aromatic heterocycles. The van der Waals surface area contributed by atoms with Crippen molar-refractivity contribution in [1.29, 1.82) is 0 Å². The number of anilines is 1. The van der Waals surface area contributed by atoms with E-state index in [9.17, 15) is 9.90 Å². The lowest BCUT2D eigenvalue weighted by molar-refractivity contribution is -0.115. The molecule has 122 valence electrons. The normalized spacial score (nSPS) is 11.9. The van der Waals surface area contributed by atoms with Crippen LogP contribution in [0.25, 0.3) is 0 Å². The zero-order chi connectivity index (χ0) is 16.9. The Labute approximate surface area is 140 Å². The van der Waals surface area contributed by atoms with Gasteiger partial charge in [-0.05, 0) is 18.6 Å². The largest absolute Gasteiger partial charge is 0.508 e. The van der Waals surface area contributed by atoms with Crippen LogP contribution in [-0.4, -0.2) is 20.8 Å². The van der Waals surface area contributed by atoms with Gasteiger partial charge in [0.25, 0.3) is 0 Å². The van der Waals surface area contributed by atoms with E-state index >= 15 is 0 Å². The predicted octanol–water partition coefficient (Wildman–Crippen LogP) is 3.38. The molecule has 3 rings (SSSR count). The standard InChI is InChI=1S/C19H19N3O2/c1-14(15-7-3-2-4-8-15)22-12-11-18(21-22)20-19(24)13-16-9-5-6-10-17(16)23/h2-12,14,23H,13H2,1H3,(H,20,21,24)/t14-/m0/s1. The molecule has 1 amide bonds. The van der Waals surface area contributed by atoms with Crippen LogP contribution >= 0.6 is 0 Å². The van der Waals surface area contributed by atoms with Gasteiger partial charge in [0, 0.05) is 17.8 Å². The van der Waals surface area contributed by atoms with Gasteiger partial charge in [-0.2, -0.15) is 5.10 Å². The molecule has 5 nitrogen and oxygen atoms in total. The first kappa shape index (κ1) is 15.8. The molecule has 0 saturated carbocycles. The van der Waals surface area contributed by atoms with Crippen molar-refractivity contribution < 1.29 is 9.90 Å². The van der Waals surface area contributed by atoms with Crippen LogP contribution in [0.5, 0.6) is 5.75 Å². The number of aromatic hydroxyl groups is 1. The zero-order valence-electron chi connectivity index (χ0n) is 13.4. The molecule has 0 aliphatic carbocycles. The number of phenols is 1. The van der Waals surface area contributed by atoms with Gasteiger partial charge in [-0.25, -0.2) is 0 Å². The number of hydrogen-bond donors (Lipinski definition) is 2. The Bertz CT molecular complexity index is 827. The molecule has 1 atom stereocenters. The van der Waals surface area contributed by atoms with E-state index in [4.69, 9.17) is 0 Å². The number of amides is 1. The SMILES string of the molecule is C[C@@H](c1ccccc1)n1ccc(NC(=O)Cc2ccccc2O)n1. The minimum absolute atomic E-state index is 0.0787. The summed E-state index contributed by atoms with van der Waals surface area (Å²) >= 11 is 0. The zero-order valence-corrected chi connectivity index (χ0v) is 13.4. The number of nitrogens with one attached hydrogen (secondary N) is 1. The van der Waals surface area contributed by atoms with Crippen molar-refractivity contribution in [3.05, 3.63) is 78.0 Å². The Kier molecular flexibility index (Phi) is 4.61. The number of nitrogens with zero attached hydrogens (tertiary/aromatic N) is 2. The Morgan fingerprint density at radius 1 is 1.12 bits per heavy atom. The maximum atomic E-state index is 12.1. The minimum atomic E-state index is -0.214. The van der Waals surface area contributed by atoms with Crippen LogP contribution in [0.1, 0.15) is 24.1 Å². The fourth-order valence-electron chi connectivity index (χ4n) is 2.53. The van der Waals surface area contributed by atoms with Crippen molar-refractivity contribution in [2.24, 2.45) is 0 Å². The van der Waals surface area contributed by atoms with Gasteiger partial charge >= 0.3 is 0 Å². The molecule has 24 heavy (non-hydrogen) atoms. The van der Waals surface area contributed by atoms with Gasteiger partial charge in [-0.3, -0.25) is 9.48 Å². The number of benzene rings is 2. The van der Waals surface area contributed by atoms with E-state index in [1.165, 1.54) is 0 Å². The summed E-state index contributed by atoms with van der Waals surface area (Å²) in [4.78, 5) is 12.1. The summed E-state index contributed by atoms with van der Waals surface area (Å²) < 4.78 is 1.81. The molecule has 0 fully saturated rings. The molecule has 0 saturated heterocycles. The number of carbonyl (C=O) groups excluding carboxylic acids is 1. The Morgan fingerprint density at radius 2 is 1.83 bits per heavy atom. The number of aromatic nitrogens is 2. The second-order valence-electron chi connectivity index (χ2n) is 5.62. The summed E-state index contributed by atoms with van der Waals surface area (Å²) in [6.45, 7) is 2.05. The average molecular weight is 321 g/mol. The molecule has 0 unspecified atom stereocenters. The summed E-state index contributed by atoms with van der Waals surface area (Å²) in [5.74, 6) is 0.406. The quantitative estimate of drug-likeness (QED) is 0.757. The average Bonchev–Trinajstić information content (AvgIpc) is 3.05. The summed E-state index contributed by atoms with van der Waals surface area (Å²) in [7, 11) is 0. The lowest BCUT2D eigenvalue weighted by Gasteiger charge is -2.12. The molecule has 0 aliphatic rings. The second-order valence-corrected chi connectivity index (χ2v) is 5.62. The second kappa shape index (κ2) is 7.00. The van der Waals surface area contributed by atoms with Crippen LogP contribution in [0, 0.1) is 0 Å². The van der Waals surface area contributed by atoms with E-state index in [1.54, 1.807) is 30.3 Å². The molecule has 2 N–H and O–H groups in total. The molecule has 1 heterocycles.